The number of nitriles is 1. The van der Waals surface area contributed by atoms with Crippen molar-refractivity contribution < 1.29 is 4.42 Å². The van der Waals surface area contributed by atoms with E-state index < -0.39 is 0 Å². The van der Waals surface area contributed by atoms with E-state index in [1.54, 1.807) is 30.3 Å². The minimum Gasteiger partial charge on any atom is -0.463 e. The van der Waals surface area contributed by atoms with Gasteiger partial charge in [0.25, 0.3) is 0 Å². The summed E-state index contributed by atoms with van der Waals surface area (Å²) in [6.45, 7) is 0. The van der Waals surface area contributed by atoms with Gasteiger partial charge in [-0.3, -0.25) is 4.79 Å². The molecule has 0 aliphatic rings. The zero-order valence-corrected chi connectivity index (χ0v) is 6.65. The quantitative estimate of drug-likeness (QED) is 0.605. The van der Waals surface area contributed by atoms with Crippen molar-refractivity contribution in [1.82, 2.24) is 0 Å². The Morgan fingerprint density at radius 3 is 2.85 bits per heavy atom. The van der Waals surface area contributed by atoms with Gasteiger partial charge in [0.05, 0.1) is 5.39 Å². The summed E-state index contributed by atoms with van der Waals surface area (Å²) >= 11 is 0. The topological polar surface area (TPSA) is 54.0 Å². The summed E-state index contributed by atoms with van der Waals surface area (Å²) in [5.74, 6) is 0. The first-order valence-corrected chi connectivity index (χ1v) is 3.73. The molecule has 1 aromatic heterocycles. The molecule has 0 saturated carbocycles. The highest BCUT2D eigenvalue weighted by Gasteiger charge is 2.03. The van der Waals surface area contributed by atoms with E-state index in [0.717, 1.165) is 0 Å². The Labute approximate surface area is 73.8 Å². The maximum atomic E-state index is 11.5. The summed E-state index contributed by atoms with van der Waals surface area (Å²) < 4.78 is 5.09. The molecule has 2 aromatic rings. The summed E-state index contributed by atoms with van der Waals surface area (Å²) in [4.78, 5) is 11.5. The van der Waals surface area contributed by atoms with Crippen molar-refractivity contribution >= 4 is 11.0 Å². The summed E-state index contributed by atoms with van der Waals surface area (Å²) in [5.41, 5.74) is 0.273. The van der Waals surface area contributed by atoms with Crippen LogP contribution in [0.2, 0.25) is 0 Å². The third-order valence-corrected chi connectivity index (χ3v) is 1.80. The van der Waals surface area contributed by atoms with Crippen LogP contribution in [-0.2, 0) is 0 Å². The Morgan fingerprint density at radius 1 is 1.31 bits per heavy atom. The number of nitrogens with zero attached hydrogens (tertiary/aromatic N) is 1. The number of hydrogen-bond acceptors (Lipinski definition) is 3. The maximum absolute atomic E-state index is 11.5. The molecule has 0 N–H and O–H groups in total. The van der Waals surface area contributed by atoms with Crippen LogP contribution in [0.4, 0.5) is 0 Å². The summed E-state index contributed by atoms with van der Waals surface area (Å²) in [5, 5.41) is 9.01. The van der Waals surface area contributed by atoms with E-state index in [9.17, 15) is 4.79 Å². The highest BCUT2D eigenvalue weighted by molar-refractivity contribution is 5.77. The Kier molecular flexibility index (Phi) is 1.60. The van der Waals surface area contributed by atoms with Crippen molar-refractivity contribution in [3.05, 3.63) is 46.3 Å². The van der Waals surface area contributed by atoms with Crippen LogP contribution in [0.15, 0.2) is 39.7 Å². The smallest absolute Gasteiger partial charge is 0.210 e. The molecule has 3 heteroatoms. The van der Waals surface area contributed by atoms with Gasteiger partial charge in [-0.25, -0.2) is 0 Å². The van der Waals surface area contributed by atoms with Gasteiger partial charge < -0.3 is 4.42 Å². The van der Waals surface area contributed by atoms with Crippen molar-refractivity contribution in [2.45, 2.75) is 0 Å². The minimum atomic E-state index is -0.274. The molecule has 0 aliphatic heterocycles. The average Bonchev–Trinajstić information content (AvgIpc) is 2.19. The van der Waals surface area contributed by atoms with E-state index >= 15 is 0 Å². The highest BCUT2D eigenvalue weighted by Crippen LogP contribution is 2.09. The second kappa shape index (κ2) is 2.76. The zero-order valence-electron chi connectivity index (χ0n) is 6.65. The van der Waals surface area contributed by atoms with Crippen LogP contribution in [0.25, 0.3) is 11.0 Å². The first-order chi connectivity index (χ1) is 6.33. The lowest BCUT2D eigenvalue weighted by Gasteiger charge is -1.94. The Hall–Kier alpha value is -2.08. The van der Waals surface area contributed by atoms with Crippen molar-refractivity contribution in [2.75, 3.05) is 0 Å². The largest absolute Gasteiger partial charge is 0.463 e. The fraction of sp³-hybridized carbons (Fsp3) is 0. The lowest BCUT2D eigenvalue weighted by atomic mass is 10.2. The van der Waals surface area contributed by atoms with Gasteiger partial charge in [-0.1, -0.05) is 12.1 Å². The third-order valence-electron chi connectivity index (χ3n) is 1.80. The van der Waals surface area contributed by atoms with Gasteiger partial charge in [0, 0.05) is 0 Å². The van der Waals surface area contributed by atoms with Crippen molar-refractivity contribution in [3.63, 3.8) is 0 Å². The van der Waals surface area contributed by atoms with E-state index in [1.165, 1.54) is 6.26 Å². The highest BCUT2D eigenvalue weighted by atomic mass is 16.3. The normalized spacial score (nSPS) is 9.77. The zero-order chi connectivity index (χ0) is 9.26. The van der Waals surface area contributed by atoms with Crippen molar-refractivity contribution in [2.24, 2.45) is 0 Å². The maximum Gasteiger partial charge on any atom is 0.210 e. The lowest BCUT2D eigenvalue weighted by Crippen LogP contribution is -2.04. The predicted octanol–water partition coefficient (Wildman–Crippen LogP) is 1.66. The first kappa shape index (κ1) is 7.56. The van der Waals surface area contributed by atoms with Crippen LogP contribution in [0.5, 0.6) is 0 Å². The molecule has 0 atom stereocenters. The fourth-order valence-electron chi connectivity index (χ4n) is 1.16. The van der Waals surface area contributed by atoms with Gasteiger partial charge >= 0.3 is 0 Å². The second-order valence-electron chi connectivity index (χ2n) is 2.59. The van der Waals surface area contributed by atoms with Crippen LogP contribution in [0, 0.1) is 11.3 Å². The van der Waals surface area contributed by atoms with Gasteiger partial charge in [0.15, 0.2) is 0 Å². The molecule has 0 saturated heterocycles. The number of benzene rings is 1. The van der Waals surface area contributed by atoms with Crippen LogP contribution in [0.1, 0.15) is 5.56 Å². The molecule has 1 aromatic carbocycles. The second-order valence-corrected chi connectivity index (χ2v) is 2.59. The average molecular weight is 171 g/mol. The lowest BCUT2D eigenvalue weighted by molar-refractivity contribution is 0.600. The molecular formula is C10H5NO2. The summed E-state index contributed by atoms with van der Waals surface area (Å²) in [6, 6.07) is 8.63. The number of fused-ring (bicyclic) bond motifs is 1. The molecule has 0 fully saturated rings. The molecule has 62 valence electrons. The number of rotatable bonds is 0. The molecule has 3 nitrogen and oxygen atoms in total. The van der Waals surface area contributed by atoms with E-state index in [4.69, 9.17) is 9.68 Å². The molecule has 13 heavy (non-hydrogen) atoms. The molecule has 0 amide bonds. The van der Waals surface area contributed by atoms with Gasteiger partial charge in [-0.05, 0) is 12.1 Å². The Bertz CT molecular complexity index is 549. The summed E-state index contributed by atoms with van der Waals surface area (Å²) in [7, 11) is 0. The van der Waals surface area contributed by atoms with Crippen LogP contribution in [-0.4, -0.2) is 0 Å². The van der Waals surface area contributed by atoms with E-state index in [0.29, 0.717) is 11.0 Å². The predicted molar refractivity (Wildman–Crippen MR) is 47.2 cm³/mol. The Morgan fingerprint density at radius 2 is 2.08 bits per heavy atom. The van der Waals surface area contributed by atoms with Crippen LogP contribution < -0.4 is 5.43 Å². The molecule has 0 radical (unpaired) electrons. The van der Waals surface area contributed by atoms with E-state index in [2.05, 4.69) is 0 Å². The number of hydrogen-bond donors (Lipinski definition) is 0. The first-order valence-electron chi connectivity index (χ1n) is 3.73. The van der Waals surface area contributed by atoms with Gasteiger partial charge in [0.2, 0.25) is 5.43 Å². The monoisotopic (exact) mass is 171 g/mol. The van der Waals surface area contributed by atoms with E-state index in [1.807, 2.05) is 0 Å². The van der Waals surface area contributed by atoms with E-state index in [-0.39, 0.29) is 11.0 Å². The van der Waals surface area contributed by atoms with Crippen molar-refractivity contribution in [3.8, 4) is 6.07 Å². The molecular weight excluding hydrogens is 166 g/mol. The van der Waals surface area contributed by atoms with Crippen molar-refractivity contribution in [1.29, 1.82) is 5.26 Å². The van der Waals surface area contributed by atoms with Gasteiger partial charge in [-0.15, -0.1) is 0 Å². The molecule has 0 aliphatic carbocycles. The number of para-hydroxylation sites is 1. The standard InChI is InChI=1S/C10H5NO2/c11-5-7-6-13-9-4-2-1-3-8(9)10(7)12/h1-4,6H. The van der Waals surface area contributed by atoms with Crippen LogP contribution in [0.3, 0.4) is 0 Å². The molecule has 1 heterocycles. The van der Waals surface area contributed by atoms with Crippen LogP contribution >= 0.6 is 0 Å². The summed E-state index contributed by atoms with van der Waals surface area (Å²) in [6.07, 6.45) is 1.19. The van der Waals surface area contributed by atoms with Gasteiger partial charge in [0.1, 0.15) is 23.5 Å². The van der Waals surface area contributed by atoms with Gasteiger partial charge in [-0.2, -0.15) is 5.26 Å². The molecule has 0 bridgehead atoms. The molecule has 0 spiro atoms. The molecule has 0 unspecified atom stereocenters. The minimum absolute atomic E-state index is 0.0405. The molecule has 2 rings (SSSR count). The third kappa shape index (κ3) is 1.09. The SMILES string of the molecule is N#Cc1coc2ccccc2c1=O. The fourth-order valence-corrected chi connectivity index (χ4v) is 1.16. The Balaban J connectivity index is 2.98.